The van der Waals surface area contributed by atoms with Crippen LogP contribution in [0.2, 0.25) is 0 Å². The molecule has 0 aromatic rings. The van der Waals surface area contributed by atoms with E-state index >= 15 is 0 Å². The standard InChI is InChI=1S/C18H39BrN.BrH/c1-4-7-10-15-20(18-13-14-19,16-11-8-5-2)17-12-9-6-3;/h4-18H2,1-3H3;1H/q+1;/p-1. The largest absolute Gasteiger partial charge is 1.00 e. The Labute approximate surface area is 153 Å². The van der Waals surface area contributed by atoms with Crippen LogP contribution in [0.4, 0.5) is 0 Å². The molecule has 0 atom stereocenters. The second-order valence-electron chi connectivity index (χ2n) is 6.40. The first-order chi connectivity index (χ1) is 9.74. The van der Waals surface area contributed by atoms with E-state index in [4.69, 9.17) is 0 Å². The first-order valence-corrected chi connectivity index (χ1v) is 10.3. The normalized spacial score (nSPS) is 11.4. The van der Waals surface area contributed by atoms with Gasteiger partial charge in [-0.3, -0.25) is 0 Å². The van der Waals surface area contributed by atoms with Gasteiger partial charge in [-0.25, -0.2) is 0 Å². The van der Waals surface area contributed by atoms with E-state index in [1.165, 1.54) is 100 Å². The molecule has 0 saturated carbocycles. The third-order valence-corrected chi connectivity index (χ3v) is 5.03. The summed E-state index contributed by atoms with van der Waals surface area (Å²) in [5.41, 5.74) is 0. The van der Waals surface area contributed by atoms with Crippen LogP contribution in [0.1, 0.15) is 85.0 Å². The van der Waals surface area contributed by atoms with E-state index in [1.54, 1.807) is 0 Å². The lowest BCUT2D eigenvalue weighted by molar-refractivity contribution is -0.928. The van der Waals surface area contributed by atoms with Crippen LogP contribution in [0.15, 0.2) is 0 Å². The summed E-state index contributed by atoms with van der Waals surface area (Å²) in [6, 6.07) is 0. The number of alkyl halides is 1. The Balaban J connectivity index is 0. The number of rotatable bonds is 15. The van der Waals surface area contributed by atoms with Gasteiger partial charge in [0.15, 0.2) is 0 Å². The van der Waals surface area contributed by atoms with Crippen molar-refractivity contribution in [1.29, 1.82) is 0 Å². The molecule has 0 amide bonds. The molecule has 0 aromatic carbocycles. The van der Waals surface area contributed by atoms with Gasteiger partial charge in [0.2, 0.25) is 0 Å². The van der Waals surface area contributed by atoms with Gasteiger partial charge in [0, 0.05) is 11.8 Å². The lowest BCUT2D eigenvalue weighted by Gasteiger charge is -2.39. The van der Waals surface area contributed by atoms with Gasteiger partial charge in [-0.2, -0.15) is 0 Å². The highest BCUT2D eigenvalue weighted by atomic mass is 79.9. The second kappa shape index (κ2) is 17.3. The zero-order valence-electron chi connectivity index (χ0n) is 14.8. The van der Waals surface area contributed by atoms with Crippen molar-refractivity contribution in [3.05, 3.63) is 0 Å². The molecule has 0 saturated heterocycles. The Bertz CT molecular complexity index is 171. The maximum Gasteiger partial charge on any atom is 0.0794 e. The summed E-state index contributed by atoms with van der Waals surface area (Å²) in [7, 11) is 0. The van der Waals surface area contributed by atoms with Crippen LogP contribution >= 0.6 is 15.9 Å². The molecule has 0 aromatic heterocycles. The van der Waals surface area contributed by atoms with Crippen molar-refractivity contribution in [3.8, 4) is 0 Å². The average Bonchev–Trinajstić information content (AvgIpc) is 2.46. The molecular formula is C18H39Br2N. The van der Waals surface area contributed by atoms with Crippen LogP contribution in [0.3, 0.4) is 0 Å². The quantitative estimate of drug-likeness (QED) is 0.213. The van der Waals surface area contributed by atoms with Crippen LogP contribution in [0.25, 0.3) is 0 Å². The number of nitrogens with zero attached hydrogens (tertiary/aromatic N) is 1. The maximum atomic E-state index is 3.64. The molecule has 0 aliphatic heterocycles. The second-order valence-corrected chi connectivity index (χ2v) is 7.19. The molecule has 0 heterocycles. The Hall–Kier alpha value is 0.920. The molecule has 0 rings (SSSR count). The number of quaternary nitrogens is 1. The van der Waals surface area contributed by atoms with Crippen molar-refractivity contribution >= 4 is 15.9 Å². The topological polar surface area (TPSA) is 0 Å². The minimum absolute atomic E-state index is 0. The van der Waals surface area contributed by atoms with Crippen molar-refractivity contribution in [1.82, 2.24) is 0 Å². The monoisotopic (exact) mass is 427 g/mol. The number of unbranched alkanes of at least 4 members (excludes halogenated alkanes) is 6. The summed E-state index contributed by atoms with van der Waals surface area (Å²) >= 11 is 3.64. The zero-order valence-corrected chi connectivity index (χ0v) is 18.0. The SMILES string of the molecule is CCCCC[N+](CCCBr)(CCCCC)CCCCC.[Br-]. The lowest BCUT2D eigenvalue weighted by Crippen LogP contribution is -3.00. The Kier molecular flexibility index (Phi) is 19.9. The van der Waals surface area contributed by atoms with E-state index in [9.17, 15) is 0 Å². The highest BCUT2D eigenvalue weighted by Gasteiger charge is 2.25. The van der Waals surface area contributed by atoms with Gasteiger partial charge in [0.25, 0.3) is 0 Å². The molecule has 0 N–H and O–H groups in total. The first-order valence-electron chi connectivity index (χ1n) is 9.15. The lowest BCUT2D eigenvalue weighted by atomic mass is 10.1. The highest BCUT2D eigenvalue weighted by Crippen LogP contribution is 2.17. The zero-order chi connectivity index (χ0) is 15.1. The van der Waals surface area contributed by atoms with Crippen molar-refractivity contribution in [3.63, 3.8) is 0 Å². The Morgan fingerprint density at radius 2 is 0.905 bits per heavy atom. The average molecular weight is 429 g/mol. The maximum absolute atomic E-state index is 3.64. The van der Waals surface area contributed by atoms with Crippen molar-refractivity contribution < 1.29 is 21.5 Å². The van der Waals surface area contributed by atoms with Gasteiger partial charge >= 0.3 is 0 Å². The molecule has 0 radical (unpaired) electrons. The molecule has 0 aliphatic rings. The fourth-order valence-corrected chi connectivity index (χ4v) is 3.41. The van der Waals surface area contributed by atoms with Crippen molar-refractivity contribution in [2.75, 3.05) is 31.5 Å². The molecule has 0 spiro atoms. The molecule has 3 heteroatoms. The summed E-state index contributed by atoms with van der Waals surface area (Å²) in [6.07, 6.45) is 13.9. The molecule has 130 valence electrons. The van der Waals surface area contributed by atoms with E-state index < -0.39 is 0 Å². The fourth-order valence-electron chi connectivity index (χ4n) is 3.16. The van der Waals surface area contributed by atoms with Crippen molar-refractivity contribution in [2.24, 2.45) is 0 Å². The molecule has 1 nitrogen and oxygen atoms in total. The Morgan fingerprint density at radius 3 is 1.19 bits per heavy atom. The third kappa shape index (κ3) is 13.1. The van der Waals surface area contributed by atoms with E-state index in [-0.39, 0.29) is 17.0 Å². The minimum Gasteiger partial charge on any atom is -1.00 e. The van der Waals surface area contributed by atoms with Crippen molar-refractivity contribution in [2.45, 2.75) is 85.0 Å². The van der Waals surface area contributed by atoms with Gasteiger partial charge in [0.1, 0.15) is 0 Å². The van der Waals surface area contributed by atoms with Crippen LogP contribution in [0, 0.1) is 0 Å². The molecule has 0 fully saturated rings. The highest BCUT2D eigenvalue weighted by molar-refractivity contribution is 9.09. The van der Waals surface area contributed by atoms with Gasteiger partial charge in [-0.05, 0) is 38.5 Å². The molecule has 21 heavy (non-hydrogen) atoms. The fraction of sp³-hybridized carbons (Fsp3) is 1.00. The van der Waals surface area contributed by atoms with Crippen LogP contribution in [0.5, 0.6) is 0 Å². The number of hydrogen-bond donors (Lipinski definition) is 0. The smallest absolute Gasteiger partial charge is 0.0794 e. The van der Waals surface area contributed by atoms with E-state index in [1.807, 2.05) is 0 Å². The third-order valence-electron chi connectivity index (χ3n) is 4.47. The van der Waals surface area contributed by atoms with Gasteiger partial charge in [-0.1, -0.05) is 56.0 Å². The summed E-state index contributed by atoms with van der Waals surface area (Å²) in [5, 5.41) is 1.17. The van der Waals surface area contributed by atoms with Gasteiger partial charge in [-0.15, -0.1) is 0 Å². The summed E-state index contributed by atoms with van der Waals surface area (Å²) < 4.78 is 1.41. The predicted molar refractivity (Wildman–Crippen MR) is 96.7 cm³/mol. The van der Waals surface area contributed by atoms with E-state index in [2.05, 4.69) is 36.7 Å². The van der Waals surface area contributed by atoms with Crippen LogP contribution in [-0.2, 0) is 0 Å². The summed E-state index contributed by atoms with van der Waals surface area (Å²) in [4.78, 5) is 0. The summed E-state index contributed by atoms with van der Waals surface area (Å²) in [5.74, 6) is 0. The summed E-state index contributed by atoms with van der Waals surface area (Å²) in [6.45, 7) is 12.6. The molecule has 0 aliphatic carbocycles. The predicted octanol–water partition coefficient (Wildman–Crippen LogP) is 3.16. The van der Waals surface area contributed by atoms with E-state index in [0.29, 0.717) is 0 Å². The number of halogens is 2. The molecular weight excluding hydrogens is 390 g/mol. The van der Waals surface area contributed by atoms with Crippen LogP contribution in [-0.4, -0.2) is 36.0 Å². The minimum atomic E-state index is 0. The molecule has 0 unspecified atom stereocenters. The van der Waals surface area contributed by atoms with E-state index in [0.717, 1.165) is 0 Å². The van der Waals surface area contributed by atoms with Crippen LogP contribution < -0.4 is 17.0 Å². The van der Waals surface area contributed by atoms with Gasteiger partial charge < -0.3 is 21.5 Å². The Morgan fingerprint density at radius 1 is 0.571 bits per heavy atom. The number of hydrogen-bond acceptors (Lipinski definition) is 0. The van der Waals surface area contributed by atoms with Gasteiger partial charge in [0.05, 0.1) is 26.2 Å². The molecule has 0 bridgehead atoms. The first kappa shape index (κ1) is 24.2.